The van der Waals surface area contributed by atoms with E-state index in [1.165, 1.54) is 18.2 Å². The molecule has 0 aliphatic heterocycles. The van der Waals surface area contributed by atoms with E-state index < -0.39 is 14.9 Å². The van der Waals surface area contributed by atoms with Crippen LogP contribution in [0, 0.1) is 10.1 Å². The van der Waals surface area contributed by atoms with Crippen LogP contribution in [0.4, 0.5) is 11.4 Å². The van der Waals surface area contributed by atoms with Gasteiger partial charge in [0.2, 0.25) is 10.0 Å². The quantitative estimate of drug-likeness (QED) is 0.409. The van der Waals surface area contributed by atoms with Crippen LogP contribution in [0.1, 0.15) is 5.56 Å². The molecule has 1 N–H and O–H groups in total. The molecule has 0 spiro atoms. The second kappa shape index (κ2) is 10.5. The molecular formula is C20H25N3O7S. The Kier molecular flexibility index (Phi) is 8.08. The number of nitro benzene ring substituents is 1. The molecule has 2 rings (SSSR count). The van der Waals surface area contributed by atoms with Crippen LogP contribution >= 0.6 is 0 Å². The molecular weight excluding hydrogens is 426 g/mol. The third kappa shape index (κ3) is 7.37. The van der Waals surface area contributed by atoms with Gasteiger partial charge in [-0.2, -0.15) is 0 Å². The fourth-order valence-electron chi connectivity index (χ4n) is 2.59. The number of hydrogen-bond acceptors (Lipinski definition) is 8. The van der Waals surface area contributed by atoms with E-state index in [1.807, 2.05) is 42.4 Å². The van der Waals surface area contributed by atoms with Crippen molar-refractivity contribution in [1.29, 1.82) is 0 Å². The number of rotatable bonds is 11. The second-order valence-corrected chi connectivity index (χ2v) is 8.32. The zero-order valence-electron chi connectivity index (χ0n) is 17.7. The average Bonchev–Trinajstić information content (AvgIpc) is 2.71. The molecule has 0 saturated heterocycles. The Bertz CT molecular complexity index is 1050. The first-order chi connectivity index (χ1) is 14.6. The molecule has 0 saturated carbocycles. The number of sulfonamides is 1. The van der Waals surface area contributed by atoms with Crippen molar-refractivity contribution >= 4 is 27.5 Å². The number of hydrogen-bond donors (Lipinski definition) is 1. The van der Waals surface area contributed by atoms with E-state index in [-0.39, 0.29) is 23.7 Å². The maximum absolute atomic E-state index is 11.3. The molecule has 2 aromatic rings. The number of nitro groups is 1. The summed E-state index contributed by atoms with van der Waals surface area (Å²) in [7, 11) is 1.37. The Balaban J connectivity index is 1.96. The lowest BCUT2D eigenvalue weighted by Crippen LogP contribution is -2.18. The minimum absolute atomic E-state index is 0.116. The summed E-state index contributed by atoms with van der Waals surface area (Å²) in [6.45, 7) is 0.781. The van der Waals surface area contributed by atoms with Gasteiger partial charge in [0.15, 0.2) is 11.5 Å². The third-order valence-corrected chi connectivity index (χ3v) is 4.69. The number of methoxy groups -OCH3 is 2. The van der Waals surface area contributed by atoms with Crippen LogP contribution in [0.15, 0.2) is 42.6 Å². The topological polar surface area (TPSA) is 120 Å². The lowest BCUT2D eigenvalue weighted by molar-refractivity contribution is -0.384. The number of likely N-dealkylation sites (N-methyl/N-ethyl adjacent to an activating group) is 1. The average molecular weight is 452 g/mol. The molecule has 0 atom stereocenters. The first-order valence-electron chi connectivity index (χ1n) is 9.12. The third-order valence-electron chi connectivity index (χ3n) is 4.10. The highest BCUT2D eigenvalue weighted by molar-refractivity contribution is 7.92. The molecule has 0 aliphatic carbocycles. The molecule has 10 nitrogen and oxygen atoms in total. The Labute approximate surface area is 181 Å². The molecule has 0 aromatic heterocycles. The van der Waals surface area contributed by atoms with Crippen LogP contribution in [0.5, 0.6) is 17.2 Å². The molecule has 11 heteroatoms. The molecule has 31 heavy (non-hydrogen) atoms. The van der Waals surface area contributed by atoms with Gasteiger partial charge in [-0.25, -0.2) is 8.42 Å². The van der Waals surface area contributed by atoms with Crippen LogP contribution in [-0.2, 0) is 10.0 Å². The monoisotopic (exact) mass is 451 g/mol. The standard InChI is InChI=1S/C20H25N3O7S/c1-22(10-9-15-5-8-19(28-2)20(13-15)29-3)11-12-30-16-6-7-17(21-31(4,26)27)18(14-16)23(24)25/h5-10,13-14,21H,11-12H2,1-4H3. The molecule has 0 fully saturated rings. The molecule has 0 heterocycles. The van der Waals surface area contributed by atoms with Gasteiger partial charge in [-0.1, -0.05) is 6.07 Å². The minimum atomic E-state index is -3.64. The van der Waals surface area contributed by atoms with Crippen LogP contribution in [0.25, 0.3) is 6.08 Å². The molecule has 168 valence electrons. The zero-order chi connectivity index (χ0) is 23.0. The van der Waals surface area contributed by atoms with Gasteiger partial charge in [-0.15, -0.1) is 0 Å². The Hall–Kier alpha value is -3.47. The van der Waals surface area contributed by atoms with Crippen molar-refractivity contribution in [2.75, 3.05) is 45.4 Å². The van der Waals surface area contributed by atoms with Crippen LogP contribution in [0.2, 0.25) is 0 Å². The van der Waals surface area contributed by atoms with Crippen molar-refractivity contribution in [3.63, 3.8) is 0 Å². The highest BCUT2D eigenvalue weighted by Gasteiger charge is 2.18. The first kappa shape index (κ1) is 23.8. The van der Waals surface area contributed by atoms with Crippen molar-refractivity contribution in [2.45, 2.75) is 0 Å². The lowest BCUT2D eigenvalue weighted by atomic mass is 10.2. The molecule has 2 aromatic carbocycles. The van der Waals surface area contributed by atoms with Crippen molar-refractivity contribution < 1.29 is 27.6 Å². The maximum Gasteiger partial charge on any atom is 0.297 e. The highest BCUT2D eigenvalue weighted by Crippen LogP contribution is 2.30. The van der Waals surface area contributed by atoms with Gasteiger partial charge in [0.1, 0.15) is 18.0 Å². The van der Waals surface area contributed by atoms with E-state index >= 15 is 0 Å². The van der Waals surface area contributed by atoms with Gasteiger partial charge in [0, 0.05) is 7.05 Å². The van der Waals surface area contributed by atoms with E-state index in [4.69, 9.17) is 14.2 Å². The van der Waals surface area contributed by atoms with E-state index in [1.54, 1.807) is 14.2 Å². The highest BCUT2D eigenvalue weighted by atomic mass is 32.2. The van der Waals surface area contributed by atoms with Crippen molar-refractivity contribution in [3.8, 4) is 17.2 Å². The van der Waals surface area contributed by atoms with Gasteiger partial charge in [0.05, 0.1) is 38.0 Å². The van der Waals surface area contributed by atoms with Crippen LogP contribution in [-0.4, -0.2) is 58.9 Å². The number of benzene rings is 2. The van der Waals surface area contributed by atoms with E-state index in [0.717, 1.165) is 11.8 Å². The molecule has 0 bridgehead atoms. The van der Waals surface area contributed by atoms with Gasteiger partial charge < -0.3 is 19.1 Å². The Morgan fingerprint density at radius 2 is 1.84 bits per heavy atom. The van der Waals surface area contributed by atoms with Crippen LogP contribution < -0.4 is 18.9 Å². The summed E-state index contributed by atoms with van der Waals surface area (Å²) in [5, 5.41) is 11.2. The Morgan fingerprint density at radius 3 is 2.45 bits per heavy atom. The van der Waals surface area contributed by atoms with Crippen molar-refractivity contribution in [3.05, 3.63) is 58.3 Å². The summed E-state index contributed by atoms with van der Waals surface area (Å²) in [6, 6.07) is 9.53. The summed E-state index contributed by atoms with van der Waals surface area (Å²) in [5.41, 5.74) is 0.425. The van der Waals surface area contributed by atoms with Gasteiger partial charge in [-0.3, -0.25) is 14.8 Å². The number of nitrogens with zero attached hydrogens (tertiary/aromatic N) is 2. The van der Waals surface area contributed by atoms with E-state index in [2.05, 4.69) is 4.72 Å². The zero-order valence-corrected chi connectivity index (χ0v) is 18.5. The van der Waals surface area contributed by atoms with Gasteiger partial charge >= 0.3 is 0 Å². The van der Waals surface area contributed by atoms with E-state index in [9.17, 15) is 18.5 Å². The normalized spacial score (nSPS) is 11.2. The largest absolute Gasteiger partial charge is 0.493 e. The predicted molar refractivity (Wildman–Crippen MR) is 118 cm³/mol. The Morgan fingerprint density at radius 1 is 1.13 bits per heavy atom. The van der Waals surface area contributed by atoms with Gasteiger partial charge in [-0.05, 0) is 42.1 Å². The molecule has 0 aliphatic rings. The fourth-order valence-corrected chi connectivity index (χ4v) is 3.16. The molecule has 0 amide bonds. The smallest absolute Gasteiger partial charge is 0.297 e. The van der Waals surface area contributed by atoms with Crippen LogP contribution in [0.3, 0.4) is 0 Å². The number of nitrogens with one attached hydrogen (secondary N) is 1. The molecule has 0 radical (unpaired) electrons. The summed E-state index contributed by atoms with van der Waals surface area (Å²) < 4.78 is 40.9. The summed E-state index contributed by atoms with van der Waals surface area (Å²) in [4.78, 5) is 12.5. The summed E-state index contributed by atoms with van der Waals surface area (Å²) in [6.07, 6.45) is 4.69. The minimum Gasteiger partial charge on any atom is -0.493 e. The van der Waals surface area contributed by atoms with Gasteiger partial charge in [0.25, 0.3) is 5.69 Å². The van der Waals surface area contributed by atoms with Crippen molar-refractivity contribution in [1.82, 2.24) is 4.90 Å². The number of ether oxygens (including phenoxy) is 3. The predicted octanol–water partition coefficient (Wildman–Crippen LogP) is 2.97. The summed E-state index contributed by atoms with van der Waals surface area (Å²) in [5.74, 6) is 1.54. The SMILES string of the molecule is COc1ccc(C=CN(C)CCOc2ccc(NS(C)(=O)=O)c([N+](=O)[O-])c2)cc1OC. The maximum atomic E-state index is 11.3. The lowest BCUT2D eigenvalue weighted by Gasteiger charge is -2.15. The summed E-state index contributed by atoms with van der Waals surface area (Å²) >= 11 is 0. The molecule has 0 unspecified atom stereocenters. The number of anilines is 1. The van der Waals surface area contributed by atoms with Crippen molar-refractivity contribution in [2.24, 2.45) is 0 Å². The first-order valence-corrected chi connectivity index (χ1v) is 11.0. The second-order valence-electron chi connectivity index (χ2n) is 6.57. The fraction of sp³-hybridized carbons (Fsp3) is 0.300. The van der Waals surface area contributed by atoms with E-state index in [0.29, 0.717) is 18.0 Å².